The van der Waals surface area contributed by atoms with E-state index in [0.29, 0.717) is 22.2 Å². The number of amides is 1. The number of nitrogens with zero attached hydrogens (tertiary/aromatic N) is 3. The molecule has 1 atom stereocenters. The summed E-state index contributed by atoms with van der Waals surface area (Å²) in [5.41, 5.74) is 2.67. The van der Waals surface area contributed by atoms with Crippen molar-refractivity contribution < 1.29 is 15.0 Å². The van der Waals surface area contributed by atoms with Crippen molar-refractivity contribution in [2.24, 2.45) is 0 Å². The molecule has 0 radical (unpaired) electrons. The van der Waals surface area contributed by atoms with Gasteiger partial charge in [0.15, 0.2) is 5.65 Å². The molecule has 3 heterocycles. The van der Waals surface area contributed by atoms with Crippen LogP contribution in [0.25, 0.3) is 11.0 Å². The van der Waals surface area contributed by atoms with E-state index in [2.05, 4.69) is 20.2 Å². The number of carbonyl (C=O) groups excluding carboxylic acids is 1. The third kappa shape index (κ3) is 4.06. The molecule has 3 rings (SSSR count). The second-order valence-corrected chi connectivity index (χ2v) is 7.40. The average molecular weight is 399 g/mol. The van der Waals surface area contributed by atoms with E-state index in [4.69, 9.17) is 0 Å². The fourth-order valence-corrected chi connectivity index (χ4v) is 3.28. The number of H-pyrrole nitrogens is 2. The maximum Gasteiger partial charge on any atom is 0.255 e. The lowest BCUT2D eigenvalue weighted by Gasteiger charge is -2.28. The summed E-state index contributed by atoms with van der Waals surface area (Å²) in [5, 5.41) is 26.4. The predicted molar refractivity (Wildman–Crippen MR) is 107 cm³/mol. The molecule has 154 valence electrons. The Labute approximate surface area is 167 Å². The Morgan fingerprint density at radius 1 is 1.28 bits per heavy atom. The molecule has 0 saturated heterocycles. The molecule has 1 amide bonds. The van der Waals surface area contributed by atoms with Crippen LogP contribution in [0.5, 0.6) is 0 Å². The van der Waals surface area contributed by atoms with Gasteiger partial charge in [-0.2, -0.15) is 5.10 Å². The largest absolute Gasteiger partial charge is 0.393 e. The highest BCUT2D eigenvalue weighted by Gasteiger charge is 2.25. The molecule has 0 bridgehead atoms. The van der Waals surface area contributed by atoms with Gasteiger partial charge in [-0.05, 0) is 45.4 Å². The molecular weight excluding hydrogens is 374 g/mol. The first kappa shape index (κ1) is 20.7. The van der Waals surface area contributed by atoms with Gasteiger partial charge >= 0.3 is 0 Å². The lowest BCUT2D eigenvalue weighted by atomic mass is 10.1. The summed E-state index contributed by atoms with van der Waals surface area (Å²) in [6.07, 6.45) is 0.275. The van der Waals surface area contributed by atoms with Crippen molar-refractivity contribution in [3.05, 3.63) is 56.8 Å². The Kier molecular flexibility index (Phi) is 5.81. The number of fused-ring (bicyclic) bond motifs is 1. The first-order chi connectivity index (χ1) is 13.7. The average Bonchev–Trinajstić information content (AvgIpc) is 3.13. The Hall–Kier alpha value is -3.04. The van der Waals surface area contributed by atoms with Gasteiger partial charge < -0.3 is 20.1 Å². The quantitative estimate of drug-likeness (QED) is 0.494. The van der Waals surface area contributed by atoms with Gasteiger partial charge in [-0.15, -0.1) is 0 Å². The number of nitrogens with one attached hydrogen (secondary N) is 2. The van der Waals surface area contributed by atoms with Gasteiger partial charge in [0.25, 0.3) is 11.5 Å². The minimum Gasteiger partial charge on any atom is -0.393 e. The fraction of sp³-hybridized carbons (Fsp3) is 0.400. The van der Waals surface area contributed by atoms with Crippen LogP contribution in [-0.2, 0) is 6.54 Å². The van der Waals surface area contributed by atoms with Crippen molar-refractivity contribution in [1.82, 2.24) is 25.1 Å². The highest BCUT2D eigenvalue weighted by molar-refractivity contribution is 6.05. The summed E-state index contributed by atoms with van der Waals surface area (Å²) >= 11 is 0. The highest BCUT2D eigenvalue weighted by Crippen LogP contribution is 2.23. The number of aliphatic hydroxyl groups is 2. The van der Waals surface area contributed by atoms with Crippen LogP contribution in [-0.4, -0.2) is 53.8 Å². The number of aryl methyl sites for hydroxylation is 2. The number of aromatic amines is 2. The molecule has 0 aliphatic heterocycles. The Morgan fingerprint density at radius 3 is 2.62 bits per heavy atom. The summed E-state index contributed by atoms with van der Waals surface area (Å²) in [4.78, 5) is 34.5. The molecule has 0 aliphatic carbocycles. The second-order valence-electron chi connectivity index (χ2n) is 7.40. The van der Waals surface area contributed by atoms with E-state index in [-0.39, 0.29) is 29.7 Å². The number of carbonyl (C=O) groups is 1. The van der Waals surface area contributed by atoms with Crippen LogP contribution in [0.1, 0.15) is 52.8 Å². The van der Waals surface area contributed by atoms with E-state index in [1.54, 1.807) is 4.90 Å². The van der Waals surface area contributed by atoms with Crippen molar-refractivity contribution in [2.75, 3.05) is 6.61 Å². The van der Waals surface area contributed by atoms with Gasteiger partial charge in [-0.25, -0.2) is 4.98 Å². The van der Waals surface area contributed by atoms with E-state index in [0.717, 1.165) is 11.3 Å². The molecule has 0 saturated carbocycles. The molecule has 0 fully saturated rings. The Balaban J connectivity index is 2.07. The first-order valence-electron chi connectivity index (χ1n) is 9.36. The lowest BCUT2D eigenvalue weighted by molar-refractivity contribution is 0.0689. The summed E-state index contributed by atoms with van der Waals surface area (Å²) < 4.78 is 0. The first-order valence-corrected chi connectivity index (χ1v) is 9.36. The number of aliphatic hydroxyl groups excluding tert-OH is 2. The third-order valence-corrected chi connectivity index (χ3v) is 4.89. The fourth-order valence-electron chi connectivity index (χ4n) is 3.28. The standard InChI is InChI=1S/C20H25N5O4/c1-10(2)25(8-15-11(3)5-12(4)22-19(15)28)20(29)13-6-16(17(27)9-26)23-18-14(13)7-21-24-18/h5-7,10,17,26-27H,8-9H2,1-4H3,(H,22,28)(H,21,23,24). The van der Waals surface area contributed by atoms with Crippen LogP contribution in [0, 0.1) is 13.8 Å². The molecule has 9 heteroatoms. The van der Waals surface area contributed by atoms with E-state index in [1.165, 1.54) is 12.3 Å². The maximum atomic E-state index is 13.5. The molecule has 0 spiro atoms. The number of hydrogen-bond acceptors (Lipinski definition) is 6. The zero-order valence-electron chi connectivity index (χ0n) is 16.9. The number of pyridine rings is 2. The molecule has 3 aromatic rings. The molecule has 1 unspecified atom stereocenters. The molecule has 0 aliphatic rings. The van der Waals surface area contributed by atoms with Crippen molar-refractivity contribution in [3.8, 4) is 0 Å². The van der Waals surface area contributed by atoms with Gasteiger partial charge in [0, 0.05) is 17.3 Å². The van der Waals surface area contributed by atoms with Crippen LogP contribution in [0.15, 0.2) is 23.1 Å². The van der Waals surface area contributed by atoms with Crippen molar-refractivity contribution in [1.29, 1.82) is 0 Å². The van der Waals surface area contributed by atoms with E-state index in [9.17, 15) is 19.8 Å². The molecule has 9 nitrogen and oxygen atoms in total. The van der Waals surface area contributed by atoms with Crippen LogP contribution < -0.4 is 5.56 Å². The Morgan fingerprint density at radius 2 is 2.00 bits per heavy atom. The van der Waals surface area contributed by atoms with Crippen molar-refractivity contribution >= 4 is 16.9 Å². The van der Waals surface area contributed by atoms with Crippen molar-refractivity contribution in [3.63, 3.8) is 0 Å². The van der Waals surface area contributed by atoms with E-state index in [1.807, 2.05) is 33.8 Å². The van der Waals surface area contributed by atoms with Crippen LogP contribution in [0.3, 0.4) is 0 Å². The minimum atomic E-state index is -1.22. The summed E-state index contributed by atoms with van der Waals surface area (Å²) in [6.45, 7) is 7.00. The maximum absolute atomic E-state index is 13.5. The molecule has 29 heavy (non-hydrogen) atoms. The number of hydrogen-bond donors (Lipinski definition) is 4. The van der Waals surface area contributed by atoms with Gasteiger partial charge in [-0.1, -0.05) is 0 Å². The van der Waals surface area contributed by atoms with Gasteiger partial charge in [0.2, 0.25) is 0 Å². The SMILES string of the molecule is Cc1cc(C)c(CN(C(=O)c2cc(C(O)CO)nc3[nH]ncc23)C(C)C)c(=O)[nH]1. The highest BCUT2D eigenvalue weighted by atomic mass is 16.3. The molecule has 3 aromatic heterocycles. The Bertz CT molecular complexity index is 1100. The lowest BCUT2D eigenvalue weighted by Crippen LogP contribution is -2.38. The summed E-state index contributed by atoms with van der Waals surface area (Å²) in [6, 6.07) is 3.14. The van der Waals surface area contributed by atoms with Crippen molar-refractivity contribution in [2.45, 2.75) is 46.4 Å². The molecular formula is C20H25N5O4. The summed E-state index contributed by atoms with van der Waals surface area (Å²) in [7, 11) is 0. The number of aromatic nitrogens is 4. The monoisotopic (exact) mass is 399 g/mol. The van der Waals surface area contributed by atoms with Crippen LogP contribution in [0.2, 0.25) is 0 Å². The topological polar surface area (TPSA) is 135 Å². The predicted octanol–water partition coefficient (Wildman–Crippen LogP) is 1.34. The van der Waals surface area contributed by atoms with E-state index >= 15 is 0 Å². The van der Waals surface area contributed by atoms with Gasteiger partial charge in [0.05, 0.1) is 36.0 Å². The van der Waals surface area contributed by atoms with E-state index < -0.39 is 12.7 Å². The zero-order chi connectivity index (χ0) is 21.3. The minimum absolute atomic E-state index is 0.136. The van der Waals surface area contributed by atoms with Gasteiger partial charge in [-0.3, -0.25) is 14.7 Å². The molecule has 4 N–H and O–H groups in total. The normalized spacial score (nSPS) is 12.5. The smallest absolute Gasteiger partial charge is 0.255 e. The van der Waals surface area contributed by atoms with Crippen LogP contribution in [0.4, 0.5) is 0 Å². The third-order valence-electron chi connectivity index (χ3n) is 4.89. The van der Waals surface area contributed by atoms with Crippen LogP contribution >= 0.6 is 0 Å². The van der Waals surface area contributed by atoms with Gasteiger partial charge in [0.1, 0.15) is 6.10 Å². The summed E-state index contributed by atoms with van der Waals surface area (Å²) in [5.74, 6) is -0.320. The number of rotatable bonds is 6. The second kappa shape index (κ2) is 8.14. The molecule has 0 aromatic carbocycles. The zero-order valence-corrected chi connectivity index (χ0v) is 16.9.